The van der Waals surface area contributed by atoms with Crippen LogP contribution in [0.2, 0.25) is 0 Å². The minimum Gasteiger partial charge on any atom is -0.462 e. The van der Waals surface area contributed by atoms with Gasteiger partial charge in [0.25, 0.3) is 0 Å². The third-order valence-corrected chi connectivity index (χ3v) is 16.2. The first kappa shape index (κ1) is 79.1. The highest BCUT2D eigenvalue weighted by Gasteiger charge is 2.16. The zero-order valence-electron chi connectivity index (χ0n) is 54.8. The predicted octanol–water partition coefficient (Wildman–Crippen LogP) is 25.2. The van der Waals surface area contributed by atoms with Crippen molar-refractivity contribution in [3.63, 3.8) is 0 Å². The summed E-state index contributed by atoms with van der Waals surface area (Å²) in [6.45, 7) is 4.07. The van der Waals surface area contributed by atoms with E-state index in [2.05, 4.69) is 98.9 Å². The van der Waals surface area contributed by atoms with Crippen LogP contribution in [0.15, 0.2) is 85.1 Å². The van der Waals surface area contributed by atoms with Gasteiger partial charge in [-0.15, -0.1) is 0 Å². The molecule has 0 aliphatic heterocycles. The van der Waals surface area contributed by atoms with Crippen molar-refractivity contribution in [3.05, 3.63) is 85.1 Å². The molecule has 0 aromatic heterocycles. The first-order chi connectivity index (χ1) is 40.6. The van der Waals surface area contributed by atoms with E-state index >= 15 is 0 Å². The van der Waals surface area contributed by atoms with E-state index in [1.165, 1.54) is 270 Å². The molecule has 476 valence electrons. The maximum Gasteiger partial charge on any atom is 0.306 e. The van der Waals surface area contributed by atoms with Crippen LogP contribution < -0.4 is 0 Å². The quantitative estimate of drug-likeness (QED) is 0.0373. The fourth-order valence-corrected chi connectivity index (χ4v) is 10.8. The number of aliphatic hydroxyl groups excluding tert-OH is 1. The van der Waals surface area contributed by atoms with Gasteiger partial charge in [0.1, 0.15) is 6.61 Å². The topological polar surface area (TPSA) is 72.8 Å². The Balaban J connectivity index is 3.42. The van der Waals surface area contributed by atoms with Gasteiger partial charge in [-0.25, -0.2) is 0 Å². The van der Waals surface area contributed by atoms with Crippen molar-refractivity contribution in [2.45, 2.75) is 380 Å². The molecule has 0 bridgehead atoms. The fourth-order valence-electron chi connectivity index (χ4n) is 10.8. The number of rotatable bonds is 67. The Morgan fingerprint density at radius 3 is 0.805 bits per heavy atom. The first-order valence-electron chi connectivity index (χ1n) is 36.1. The third-order valence-electron chi connectivity index (χ3n) is 16.2. The van der Waals surface area contributed by atoms with Crippen LogP contribution in [0.25, 0.3) is 0 Å². The second kappa shape index (κ2) is 72.3. The number of carbonyl (C=O) groups excluding carboxylic acids is 2. The van der Waals surface area contributed by atoms with Crippen molar-refractivity contribution in [1.82, 2.24) is 0 Å². The van der Waals surface area contributed by atoms with Gasteiger partial charge in [0.15, 0.2) is 6.10 Å². The summed E-state index contributed by atoms with van der Waals surface area (Å²) in [5, 5.41) is 9.71. The smallest absolute Gasteiger partial charge is 0.306 e. The van der Waals surface area contributed by atoms with Crippen molar-refractivity contribution in [1.29, 1.82) is 0 Å². The molecule has 0 saturated carbocycles. The lowest BCUT2D eigenvalue weighted by atomic mass is 10.0. The van der Waals surface area contributed by atoms with Gasteiger partial charge in [-0.1, -0.05) is 356 Å². The van der Waals surface area contributed by atoms with E-state index in [1.807, 2.05) is 0 Å². The average Bonchev–Trinajstić information content (AvgIpc) is 3.49. The summed E-state index contributed by atoms with van der Waals surface area (Å²) in [4.78, 5) is 24.7. The van der Waals surface area contributed by atoms with Crippen LogP contribution in [-0.2, 0) is 19.1 Å². The molecule has 0 spiro atoms. The molecule has 1 unspecified atom stereocenters. The van der Waals surface area contributed by atoms with Crippen molar-refractivity contribution in [3.8, 4) is 0 Å². The van der Waals surface area contributed by atoms with Gasteiger partial charge in [0.2, 0.25) is 0 Å². The van der Waals surface area contributed by atoms with E-state index in [0.717, 1.165) is 77.0 Å². The SMILES string of the molecule is CC/C=C\C/C=C\C/C=C\C/C=C\C/C=C\C/C=C\CCCCCCCCCCCCCCC(=O)OC(CO)COC(=O)CCCCCCCCCCCCCCCCCCCCCCCCCCC/C=C\CCCCCCCCCC. The van der Waals surface area contributed by atoms with E-state index in [4.69, 9.17) is 9.47 Å². The predicted molar refractivity (Wildman–Crippen MR) is 362 cm³/mol. The Kier molecular flexibility index (Phi) is 69.8. The molecule has 0 fully saturated rings. The van der Waals surface area contributed by atoms with Crippen LogP contribution >= 0.6 is 0 Å². The number of unbranched alkanes of at least 4 members (excludes halogenated alkanes) is 45. The largest absolute Gasteiger partial charge is 0.462 e. The summed E-state index contributed by atoms with van der Waals surface area (Å²) in [6, 6.07) is 0. The van der Waals surface area contributed by atoms with Crippen LogP contribution in [0, 0.1) is 0 Å². The average molecular weight is 1140 g/mol. The summed E-state index contributed by atoms with van der Waals surface area (Å²) >= 11 is 0. The standard InChI is InChI=1S/C77H138O5/c1-3-5-7-9-11-13-15-17-19-21-23-25-27-29-31-33-35-36-37-38-39-40-42-43-45-47-49-51-53-55-57-59-61-63-65-67-69-71-76(79)81-74-75(73-78)82-77(80)72-70-68-66-64-62-60-58-56-54-52-50-48-46-44-41-34-32-30-28-26-24-22-20-18-16-14-12-10-8-6-4-2/h6,8,12,14,18,20-21,23-24,26,30,32,41,44,75,78H,3-5,7,9-11,13,15-17,19,22,25,27-29,31,33-40,42-43,45-74H2,1-2H3/b8-6-,14-12-,20-18-,23-21-,26-24-,32-30-,44-41-. The lowest BCUT2D eigenvalue weighted by Crippen LogP contribution is -2.28. The van der Waals surface area contributed by atoms with Crippen LogP contribution in [0.3, 0.4) is 0 Å². The van der Waals surface area contributed by atoms with Crippen molar-refractivity contribution in [2.75, 3.05) is 13.2 Å². The molecule has 0 saturated heterocycles. The number of hydrogen-bond acceptors (Lipinski definition) is 5. The summed E-state index contributed by atoms with van der Waals surface area (Å²) in [5.74, 6) is -0.578. The highest BCUT2D eigenvalue weighted by molar-refractivity contribution is 5.70. The Hall–Kier alpha value is -2.92. The molecule has 0 aromatic carbocycles. The summed E-state index contributed by atoms with van der Waals surface area (Å²) in [5.41, 5.74) is 0. The molecular weight excluding hydrogens is 1000 g/mol. The van der Waals surface area contributed by atoms with Gasteiger partial charge in [-0.3, -0.25) is 9.59 Å². The van der Waals surface area contributed by atoms with Gasteiger partial charge >= 0.3 is 11.9 Å². The lowest BCUT2D eigenvalue weighted by molar-refractivity contribution is -0.161. The maximum absolute atomic E-state index is 12.4. The number of aliphatic hydroxyl groups is 1. The zero-order valence-corrected chi connectivity index (χ0v) is 54.8. The molecule has 0 heterocycles. The first-order valence-corrected chi connectivity index (χ1v) is 36.1. The fraction of sp³-hybridized carbons (Fsp3) is 0.792. The molecule has 0 aromatic rings. The van der Waals surface area contributed by atoms with Gasteiger partial charge in [0, 0.05) is 12.8 Å². The van der Waals surface area contributed by atoms with Crippen LogP contribution in [0.4, 0.5) is 0 Å². The van der Waals surface area contributed by atoms with Crippen LogP contribution in [0.1, 0.15) is 373 Å². The highest BCUT2D eigenvalue weighted by Crippen LogP contribution is 2.18. The van der Waals surface area contributed by atoms with E-state index in [-0.39, 0.29) is 25.2 Å². The van der Waals surface area contributed by atoms with E-state index in [9.17, 15) is 14.7 Å². The number of ether oxygens (including phenoxy) is 2. The normalized spacial score (nSPS) is 12.7. The Bertz CT molecular complexity index is 1480. The molecule has 1 atom stereocenters. The van der Waals surface area contributed by atoms with Gasteiger partial charge in [-0.05, 0) is 89.9 Å². The molecule has 0 rings (SSSR count). The monoisotopic (exact) mass is 1140 g/mol. The zero-order chi connectivity index (χ0) is 59.1. The molecular formula is C77H138O5. The minimum atomic E-state index is -0.777. The molecule has 5 heteroatoms. The van der Waals surface area contributed by atoms with Crippen molar-refractivity contribution < 1.29 is 24.2 Å². The number of allylic oxidation sites excluding steroid dienone is 14. The third kappa shape index (κ3) is 69.6. The van der Waals surface area contributed by atoms with E-state index in [1.54, 1.807) is 0 Å². The Morgan fingerprint density at radius 2 is 0.524 bits per heavy atom. The van der Waals surface area contributed by atoms with Crippen LogP contribution in [-0.4, -0.2) is 36.4 Å². The second-order valence-corrected chi connectivity index (χ2v) is 24.3. The highest BCUT2D eigenvalue weighted by atomic mass is 16.6. The number of hydrogen-bond donors (Lipinski definition) is 1. The molecule has 0 amide bonds. The molecule has 0 aliphatic carbocycles. The Labute approximate surface area is 511 Å². The van der Waals surface area contributed by atoms with Gasteiger partial charge in [-0.2, -0.15) is 0 Å². The number of carbonyl (C=O) groups is 2. The molecule has 0 radical (unpaired) electrons. The molecule has 1 N–H and O–H groups in total. The van der Waals surface area contributed by atoms with E-state index in [0.29, 0.717) is 12.8 Å². The molecule has 82 heavy (non-hydrogen) atoms. The Morgan fingerprint density at radius 1 is 0.293 bits per heavy atom. The summed E-state index contributed by atoms with van der Waals surface area (Å²) < 4.78 is 10.8. The summed E-state index contributed by atoms with van der Waals surface area (Å²) in [6.07, 6.45) is 102. The van der Waals surface area contributed by atoms with Gasteiger partial charge in [0.05, 0.1) is 6.61 Å². The number of esters is 2. The van der Waals surface area contributed by atoms with Crippen LogP contribution in [0.5, 0.6) is 0 Å². The van der Waals surface area contributed by atoms with Crippen molar-refractivity contribution in [2.24, 2.45) is 0 Å². The summed E-state index contributed by atoms with van der Waals surface area (Å²) in [7, 11) is 0. The lowest BCUT2D eigenvalue weighted by Gasteiger charge is -2.15. The molecule has 0 aliphatic rings. The molecule has 5 nitrogen and oxygen atoms in total. The maximum atomic E-state index is 12.4. The van der Waals surface area contributed by atoms with E-state index < -0.39 is 6.10 Å². The minimum absolute atomic E-state index is 0.0654. The van der Waals surface area contributed by atoms with Crippen molar-refractivity contribution >= 4 is 11.9 Å². The van der Waals surface area contributed by atoms with Gasteiger partial charge < -0.3 is 14.6 Å². The second-order valence-electron chi connectivity index (χ2n) is 24.3.